The molecule has 0 radical (unpaired) electrons. The molecule has 4 rings (SSSR count). The fourth-order valence-electron chi connectivity index (χ4n) is 3.27. The van der Waals surface area contributed by atoms with E-state index in [4.69, 9.17) is 16.7 Å². The van der Waals surface area contributed by atoms with E-state index in [0.717, 1.165) is 16.8 Å². The Labute approximate surface area is 196 Å². The summed E-state index contributed by atoms with van der Waals surface area (Å²) in [5.41, 5.74) is 3.69. The summed E-state index contributed by atoms with van der Waals surface area (Å²) in [5, 5.41) is 12.9. The highest BCUT2D eigenvalue weighted by Crippen LogP contribution is 2.26. The van der Waals surface area contributed by atoms with Crippen molar-refractivity contribution in [1.82, 2.24) is 14.8 Å². The van der Waals surface area contributed by atoms with E-state index < -0.39 is 10.0 Å². The lowest BCUT2D eigenvalue weighted by molar-refractivity contribution is -0.115. The van der Waals surface area contributed by atoms with Crippen LogP contribution in [0.1, 0.15) is 11.3 Å². The third-order valence-electron chi connectivity index (χ3n) is 4.93. The molecule has 0 bridgehead atoms. The number of hydrogen-bond acceptors (Lipinski definition) is 5. The molecule has 0 saturated carbocycles. The van der Waals surface area contributed by atoms with E-state index in [1.54, 1.807) is 48.9 Å². The molecule has 0 fully saturated rings. The molecular formula is C23H20ClN5O3S. The minimum absolute atomic E-state index is 0.0409. The highest BCUT2D eigenvalue weighted by atomic mass is 35.5. The van der Waals surface area contributed by atoms with Crippen molar-refractivity contribution in [2.75, 3.05) is 5.32 Å². The zero-order valence-electron chi connectivity index (χ0n) is 17.6. The average Bonchev–Trinajstić information content (AvgIpc) is 3.25. The quantitative estimate of drug-likeness (QED) is 0.434. The van der Waals surface area contributed by atoms with Crippen molar-refractivity contribution in [3.05, 3.63) is 89.5 Å². The van der Waals surface area contributed by atoms with Crippen LogP contribution in [-0.2, 0) is 21.2 Å². The van der Waals surface area contributed by atoms with Crippen LogP contribution in [0.25, 0.3) is 16.8 Å². The monoisotopic (exact) mass is 481 g/mol. The molecule has 0 saturated heterocycles. The van der Waals surface area contributed by atoms with Gasteiger partial charge in [0.15, 0.2) is 0 Å². The second kappa shape index (κ2) is 9.14. The van der Waals surface area contributed by atoms with Crippen LogP contribution in [0.4, 0.5) is 5.69 Å². The van der Waals surface area contributed by atoms with Crippen molar-refractivity contribution >= 4 is 33.2 Å². The lowest BCUT2D eigenvalue weighted by Crippen LogP contribution is -2.18. The number of anilines is 1. The number of aromatic nitrogens is 3. The van der Waals surface area contributed by atoms with Crippen LogP contribution in [0.3, 0.4) is 0 Å². The van der Waals surface area contributed by atoms with Gasteiger partial charge in [0, 0.05) is 39.9 Å². The Hall–Kier alpha value is -3.53. The molecule has 2 heterocycles. The number of sulfonamides is 1. The van der Waals surface area contributed by atoms with Crippen LogP contribution in [0.2, 0.25) is 5.02 Å². The van der Waals surface area contributed by atoms with E-state index in [9.17, 15) is 13.2 Å². The fourth-order valence-corrected chi connectivity index (χ4v) is 4.22. The standard InChI is InChI=1S/C23H20ClN5O3S/c1-15-6-7-17(12-26-15)18-13-27-29(14-18)21-9-8-19(11-22(21)33(25,31)32)28-23(30)10-16-4-2-3-5-20(16)24/h2-9,11-14H,10H2,1H3,(H,28,30)(H2,25,31,32). The van der Waals surface area contributed by atoms with E-state index in [2.05, 4.69) is 15.4 Å². The SMILES string of the molecule is Cc1ccc(-c2cnn(-c3ccc(NC(=O)Cc4ccccc4Cl)cc3S(N)(=O)=O)c2)cn1. The molecule has 33 heavy (non-hydrogen) atoms. The molecular weight excluding hydrogens is 462 g/mol. The average molecular weight is 482 g/mol. The molecule has 0 spiro atoms. The smallest absolute Gasteiger partial charge is 0.240 e. The number of hydrogen-bond donors (Lipinski definition) is 2. The second-order valence-corrected chi connectivity index (χ2v) is 9.34. The number of carbonyl (C=O) groups excluding carboxylic acids is 1. The molecule has 168 valence electrons. The lowest BCUT2D eigenvalue weighted by atomic mass is 10.1. The fraction of sp³-hybridized carbons (Fsp3) is 0.0870. The largest absolute Gasteiger partial charge is 0.326 e. The number of carbonyl (C=O) groups is 1. The van der Waals surface area contributed by atoms with Gasteiger partial charge in [0.2, 0.25) is 15.9 Å². The molecule has 0 aliphatic heterocycles. The maximum atomic E-state index is 12.5. The minimum Gasteiger partial charge on any atom is -0.326 e. The van der Waals surface area contributed by atoms with E-state index in [-0.39, 0.29) is 28.6 Å². The number of halogens is 1. The van der Waals surface area contributed by atoms with Gasteiger partial charge in [-0.2, -0.15) is 5.10 Å². The Balaban J connectivity index is 1.62. The van der Waals surface area contributed by atoms with Crippen LogP contribution in [0, 0.1) is 6.92 Å². The topological polar surface area (TPSA) is 120 Å². The molecule has 0 unspecified atom stereocenters. The number of aryl methyl sites for hydroxylation is 1. The van der Waals surface area contributed by atoms with Gasteiger partial charge in [0.25, 0.3) is 0 Å². The van der Waals surface area contributed by atoms with Crippen molar-refractivity contribution in [3.8, 4) is 16.8 Å². The van der Waals surface area contributed by atoms with Crippen molar-refractivity contribution in [1.29, 1.82) is 0 Å². The van der Waals surface area contributed by atoms with Gasteiger partial charge in [-0.3, -0.25) is 9.78 Å². The normalized spacial score (nSPS) is 11.4. The maximum absolute atomic E-state index is 12.5. The molecule has 0 aliphatic rings. The number of primary sulfonamides is 1. The van der Waals surface area contributed by atoms with Gasteiger partial charge in [-0.25, -0.2) is 18.2 Å². The van der Waals surface area contributed by atoms with Gasteiger partial charge in [0.1, 0.15) is 4.90 Å². The highest BCUT2D eigenvalue weighted by molar-refractivity contribution is 7.89. The number of nitrogens with two attached hydrogens (primary N) is 1. The van der Waals surface area contributed by atoms with Gasteiger partial charge < -0.3 is 5.32 Å². The highest BCUT2D eigenvalue weighted by Gasteiger charge is 2.18. The lowest BCUT2D eigenvalue weighted by Gasteiger charge is -2.12. The summed E-state index contributed by atoms with van der Waals surface area (Å²) in [5.74, 6) is -0.343. The predicted octanol–water partition coefficient (Wildman–Crippen LogP) is 3.72. The summed E-state index contributed by atoms with van der Waals surface area (Å²) in [7, 11) is -4.11. The summed E-state index contributed by atoms with van der Waals surface area (Å²) >= 11 is 6.11. The molecule has 8 nitrogen and oxygen atoms in total. The number of nitrogens with one attached hydrogen (secondary N) is 1. The molecule has 10 heteroatoms. The zero-order chi connectivity index (χ0) is 23.6. The zero-order valence-corrected chi connectivity index (χ0v) is 19.1. The summed E-state index contributed by atoms with van der Waals surface area (Å²) < 4.78 is 26.0. The first kappa shape index (κ1) is 22.7. The Kier molecular flexibility index (Phi) is 6.28. The van der Waals surface area contributed by atoms with Gasteiger partial charge >= 0.3 is 0 Å². The molecule has 3 N–H and O–H groups in total. The third-order valence-corrected chi connectivity index (χ3v) is 6.24. The summed E-state index contributed by atoms with van der Waals surface area (Å²) in [4.78, 5) is 16.6. The summed E-state index contributed by atoms with van der Waals surface area (Å²) in [6.45, 7) is 1.89. The Morgan fingerprint density at radius 1 is 1.09 bits per heavy atom. The Morgan fingerprint density at radius 3 is 2.58 bits per heavy atom. The predicted molar refractivity (Wildman–Crippen MR) is 127 cm³/mol. The first-order chi connectivity index (χ1) is 15.7. The van der Waals surface area contributed by atoms with Gasteiger partial charge in [0.05, 0.1) is 18.3 Å². The van der Waals surface area contributed by atoms with Crippen molar-refractivity contribution in [2.45, 2.75) is 18.2 Å². The van der Waals surface area contributed by atoms with Gasteiger partial charge in [-0.05, 0) is 42.8 Å². The van der Waals surface area contributed by atoms with Crippen LogP contribution in [0.15, 0.2) is 78.1 Å². The number of amides is 1. The molecule has 4 aromatic rings. The van der Waals surface area contributed by atoms with Gasteiger partial charge in [-0.1, -0.05) is 35.9 Å². The van der Waals surface area contributed by atoms with E-state index >= 15 is 0 Å². The van der Waals surface area contributed by atoms with Crippen LogP contribution < -0.4 is 10.5 Å². The number of rotatable bonds is 6. The van der Waals surface area contributed by atoms with Crippen LogP contribution >= 0.6 is 11.6 Å². The first-order valence-corrected chi connectivity index (χ1v) is 11.8. The van der Waals surface area contributed by atoms with Crippen molar-refractivity contribution in [3.63, 3.8) is 0 Å². The molecule has 0 atom stereocenters. The number of pyridine rings is 1. The van der Waals surface area contributed by atoms with Crippen molar-refractivity contribution < 1.29 is 13.2 Å². The number of benzene rings is 2. The van der Waals surface area contributed by atoms with E-state index in [1.807, 2.05) is 19.1 Å². The molecule has 0 aliphatic carbocycles. The molecule has 2 aromatic carbocycles. The van der Waals surface area contributed by atoms with Crippen molar-refractivity contribution in [2.24, 2.45) is 5.14 Å². The molecule has 2 aromatic heterocycles. The second-order valence-electron chi connectivity index (χ2n) is 7.41. The minimum atomic E-state index is -4.11. The van der Waals surface area contributed by atoms with E-state index in [0.29, 0.717) is 10.6 Å². The number of nitrogens with zero attached hydrogens (tertiary/aromatic N) is 3. The van der Waals surface area contributed by atoms with Crippen LogP contribution in [0.5, 0.6) is 0 Å². The first-order valence-electron chi connectivity index (χ1n) is 9.89. The maximum Gasteiger partial charge on any atom is 0.240 e. The van der Waals surface area contributed by atoms with Crippen LogP contribution in [-0.4, -0.2) is 29.1 Å². The molecule has 1 amide bonds. The van der Waals surface area contributed by atoms with Gasteiger partial charge in [-0.15, -0.1) is 0 Å². The Bertz CT molecular complexity index is 1430. The summed E-state index contributed by atoms with van der Waals surface area (Å²) in [6, 6.07) is 15.2. The Morgan fingerprint density at radius 2 is 1.88 bits per heavy atom. The summed E-state index contributed by atoms with van der Waals surface area (Å²) in [6.07, 6.45) is 5.05. The third kappa shape index (κ3) is 5.28. The van der Waals surface area contributed by atoms with E-state index in [1.165, 1.54) is 16.8 Å².